The lowest BCUT2D eigenvalue weighted by molar-refractivity contribution is 1.19. The van der Waals surface area contributed by atoms with Crippen molar-refractivity contribution < 1.29 is 0 Å². The van der Waals surface area contributed by atoms with E-state index in [-0.39, 0.29) is 11.4 Å². The van der Waals surface area contributed by atoms with Crippen molar-refractivity contribution >= 4 is 89.6 Å². The van der Waals surface area contributed by atoms with E-state index in [0.717, 1.165) is 32.4 Å². The highest BCUT2D eigenvalue weighted by Gasteiger charge is 2.27. The molecule has 10 heteroatoms. The standard InChI is InChI=1S/C34H20N4S6/c1-5-20-7-11-24(39-20)29-31(26-13-9-22(41-26)15-19(17-35)18-36)43-34-30(25-12-8-21(6-2)40-25)32(44-33(29)34)27-14-10-23(42-27)16-28(37-3)38-4/h7-16H,5-6H2,1-2H3. The summed E-state index contributed by atoms with van der Waals surface area (Å²) in [7, 11) is 0. The molecule has 0 fully saturated rings. The van der Waals surface area contributed by atoms with Gasteiger partial charge in [0.05, 0.1) is 19.2 Å². The number of nitrogens with zero attached hydrogens (tertiary/aromatic N) is 4. The number of hydrogen-bond acceptors (Lipinski definition) is 8. The molecule has 0 saturated heterocycles. The van der Waals surface area contributed by atoms with Gasteiger partial charge in [0.25, 0.3) is 0 Å². The van der Waals surface area contributed by atoms with Crippen LogP contribution in [-0.2, 0) is 12.8 Å². The highest BCUT2D eigenvalue weighted by molar-refractivity contribution is 7.36. The minimum atomic E-state index is 0.0646. The van der Waals surface area contributed by atoms with Gasteiger partial charge in [-0.2, -0.15) is 20.2 Å². The van der Waals surface area contributed by atoms with Gasteiger partial charge in [0.1, 0.15) is 30.9 Å². The van der Waals surface area contributed by atoms with E-state index in [9.17, 15) is 10.5 Å². The Kier molecular flexibility index (Phi) is 8.76. The Hall–Kier alpha value is -4.10. The number of hydrogen-bond donors (Lipinski definition) is 0. The van der Waals surface area contributed by atoms with E-state index < -0.39 is 0 Å². The number of allylic oxidation sites excluding steroid dienone is 1. The Morgan fingerprint density at radius 3 is 1.50 bits per heavy atom. The molecule has 212 valence electrons. The first-order chi connectivity index (χ1) is 21.5. The van der Waals surface area contributed by atoms with Crippen molar-refractivity contribution in [1.29, 1.82) is 10.5 Å². The van der Waals surface area contributed by atoms with Gasteiger partial charge in [-0.05, 0) is 67.4 Å². The lowest BCUT2D eigenvalue weighted by Gasteiger charge is -2.02. The van der Waals surface area contributed by atoms with Crippen LogP contribution in [0.25, 0.3) is 71.6 Å². The van der Waals surface area contributed by atoms with Crippen LogP contribution in [0.1, 0.15) is 33.4 Å². The summed E-state index contributed by atoms with van der Waals surface area (Å²) in [6, 6.07) is 21.0. The maximum Gasteiger partial charge on any atom is 0.520 e. The highest BCUT2D eigenvalue weighted by Crippen LogP contribution is 2.58. The third-order valence-corrected chi connectivity index (χ3v) is 14.2. The van der Waals surface area contributed by atoms with Crippen molar-refractivity contribution in [2.75, 3.05) is 0 Å². The van der Waals surface area contributed by atoms with Gasteiger partial charge in [0, 0.05) is 56.2 Å². The van der Waals surface area contributed by atoms with Crippen molar-refractivity contribution in [1.82, 2.24) is 0 Å². The Morgan fingerprint density at radius 1 is 0.636 bits per heavy atom. The molecule has 0 aliphatic heterocycles. The molecular formula is C34H20N4S6. The fourth-order valence-electron chi connectivity index (χ4n) is 4.69. The predicted octanol–water partition coefficient (Wildman–Crippen LogP) is 12.6. The molecule has 0 bridgehead atoms. The summed E-state index contributed by atoms with van der Waals surface area (Å²) in [5, 5.41) is 18.6. The van der Waals surface area contributed by atoms with Gasteiger partial charge in [0.2, 0.25) is 0 Å². The molecule has 0 aliphatic rings. The van der Waals surface area contributed by atoms with Gasteiger partial charge in [-0.3, -0.25) is 0 Å². The normalized spacial score (nSPS) is 10.6. The Morgan fingerprint density at radius 2 is 1.09 bits per heavy atom. The number of fused-ring (bicyclic) bond motifs is 1. The zero-order valence-corrected chi connectivity index (χ0v) is 28.3. The van der Waals surface area contributed by atoms with Crippen LogP contribution >= 0.6 is 68.0 Å². The lowest BCUT2D eigenvalue weighted by Crippen LogP contribution is -1.72. The molecule has 6 rings (SSSR count). The summed E-state index contributed by atoms with van der Waals surface area (Å²) >= 11 is 10.5. The van der Waals surface area contributed by atoms with Crippen LogP contribution in [0.3, 0.4) is 0 Å². The molecule has 6 heterocycles. The molecule has 0 N–H and O–H groups in total. The minimum Gasteiger partial charge on any atom is -0.192 e. The topological polar surface area (TPSA) is 56.3 Å². The lowest BCUT2D eigenvalue weighted by atomic mass is 10.1. The molecule has 4 nitrogen and oxygen atoms in total. The molecule has 0 spiro atoms. The molecular weight excluding hydrogens is 657 g/mol. The second kappa shape index (κ2) is 12.9. The predicted molar refractivity (Wildman–Crippen MR) is 192 cm³/mol. The van der Waals surface area contributed by atoms with Crippen molar-refractivity contribution in [3.63, 3.8) is 0 Å². The van der Waals surface area contributed by atoms with Crippen molar-refractivity contribution in [2.24, 2.45) is 0 Å². The smallest absolute Gasteiger partial charge is 0.192 e. The third kappa shape index (κ3) is 5.61. The second-order valence-corrected chi connectivity index (χ2v) is 16.0. The van der Waals surface area contributed by atoms with Gasteiger partial charge >= 0.3 is 5.82 Å². The fraction of sp³-hybridized carbons (Fsp3) is 0.118. The summed E-state index contributed by atoms with van der Waals surface area (Å²) in [6.45, 7) is 18.9. The first kappa shape index (κ1) is 29.9. The zero-order valence-electron chi connectivity index (χ0n) is 23.4. The van der Waals surface area contributed by atoms with Crippen molar-refractivity contribution in [2.45, 2.75) is 26.7 Å². The molecule has 0 radical (unpaired) electrons. The van der Waals surface area contributed by atoms with Gasteiger partial charge < -0.3 is 0 Å². The van der Waals surface area contributed by atoms with E-state index in [0.29, 0.717) is 0 Å². The van der Waals surface area contributed by atoms with Crippen LogP contribution < -0.4 is 0 Å². The van der Waals surface area contributed by atoms with Crippen LogP contribution in [0.2, 0.25) is 0 Å². The average Bonchev–Trinajstić information content (AvgIpc) is 3.88. The first-order valence-electron chi connectivity index (χ1n) is 13.5. The largest absolute Gasteiger partial charge is 0.520 e. The molecule has 0 amide bonds. The molecule has 6 aromatic heterocycles. The number of thiophene rings is 6. The monoisotopic (exact) mass is 676 g/mol. The fourth-order valence-corrected chi connectivity index (χ4v) is 12.0. The molecule has 0 aromatic carbocycles. The average molecular weight is 677 g/mol. The summed E-state index contributed by atoms with van der Waals surface area (Å²) in [5.74, 6) is 0.0646. The van der Waals surface area contributed by atoms with E-state index in [4.69, 9.17) is 13.1 Å². The number of aryl methyl sites for hydroxylation is 2. The minimum absolute atomic E-state index is 0.0646. The van der Waals surface area contributed by atoms with Gasteiger partial charge in [0.15, 0.2) is 0 Å². The molecule has 44 heavy (non-hydrogen) atoms. The number of rotatable bonds is 8. The van der Waals surface area contributed by atoms with Crippen LogP contribution in [0.5, 0.6) is 0 Å². The Balaban J connectivity index is 1.61. The Labute approximate surface area is 279 Å². The Bertz CT molecular complexity index is 2070. The van der Waals surface area contributed by atoms with Gasteiger partial charge in [-0.15, -0.1) is 68.0 Å². The van der Waals surface area contributed by atoms with E-state index in [1.54, 1.807) is 34.8 Å². The highest BCUT2D eigenvalue weighted by atomic mass is 32.1. The summed E-state index contributed by atoms with van der Waals surface area (Å²) < 4.78 is 2.50. The van der Waals surface area contributed by atoms with Crippen molar-refractivity contribution in [3.8, 4) is 52.5 Å². The molecule has 0 atom stereocenters. The van der Waals surface area contributed by atoms with Crippen LogP contribution in [-0.4, -0.2) is 0 Å². The van der Waals surface area contributed by atoms with Crippen LogP contribution in [0, 0.1) is 35.8 Å². The molecule has 6 aromatic rings. The maximum atomic E-state index is 9.29. The quantitative estimate of drug-likeness (QED) is 0.119. The second-order valence-electron chi connectivity index (χ2n) is 9.42. The maximum absolute atomic E-state index is 9.29. The third-order valence-electron chi connectivity index (χ3n) is 6.76. The van der Waals surface area contributed by atoms with Gasteiger partial charge in [-0.1, -0.05) is 13.8 Å². The van der Waals surface area contributed by atoms with E-state index in [2.05, 4.69) is 59.9 Å². The summed E-state index contributed by atoms with van der Waals surface area (Å²) in [5.41, 5.74) is 2.57. The summed E-state index contributed by atoms with van der Waals surface area (Å²) in [4.78, 5) is 18.2. The van der Waals surface area contributed by atoms with Crippen LogP contribution in [0.15, 0.2) is 59.9 Å². The van der Waals surface area contributed by atoms with Crippen molar-refractivity contribution in [3.05, 3.63) is 102 Å². The van der Waals surface area contributed by atoms with E-state index >= 15 is 0 Å². The number of nitriles is 2. The zero-order chi connectivity index (χ0) is 30.8. The first-order valence-corrected chi connectivity index (χ1v) is 18.4. The summed E-state index contributed by atoms with van der Waals surface area (Å²) in [6.07, 6.45) is 5.28. The molecule has 0 saturated carbocycles. The molecule has 0 unspecified atom stereocenters. The SMILES string of the molecule is [C-]#[N+]C(=Cc1ccc(-c2sc3c(-c4ccc(CC)s4)c(-c4ccc(C=C(C#N)C#N)s4)sc3c2-c2ccc(CC)s2)s1)[N+]#[C-]. The van der Waals surface area contributed by atoms with Gasteiger partial charge in [-0.25, -0.2) is 0 Å². The van der Waals surface area contributed by atoms with E-state index in [1.807, 2.05) is 69.6 Å². The van der Waals surface area contributed by atoms with Crippen LogP contribution in [0.4, 0.5) is 0 Å². The molecule has 0 aliphatic carbocycles. The van der Waals surface area contributed by atoms with E-state index in [1.165, 1.54) is 49.8 Å².